The molecule has 2 heterocycles. The molecule has 0 radical (unpaired) electrons. The molecule has 4 nitrogen and oxygen atoms in total. The second kappa shape index (κ2) is 4.89. The Morgan fingerprint density at radius 2 is 2.35 bits per heavy atom. The molecule has 0 spiro atoms. The van der Waals surface area contributed by atoms with Gasteiger partial charge in [-0.15, -0.1) is 11.8 Å². The monoisotopic (exact) mass is 247 g/mol. The van der Waals surface area contributed by atoms with Crippen molar-refractivity contribution >= 4 is 11.8 Å². The molecule has 1 aliphatic rings. The Balaban J connectivity index is 1.72. The van der Waals surface area contributed by atoms with Gasteiger partial charge in [-0.2, -0.15) is 4.98 Å². The maximum Gasteiger partial charge on any atom is 0.213 e. The van der Waals surface area contributed by atoms with Crippen molar-refractivity contribution in [3.63, 3.8) is 0 Å². The lowest BCUT2D eigenvalue weighted by Gasteiger charge is -2.25. The van der Waals surface area contributed by atoms with Gasteiger partial charge < -0.3 is 9.84 Å². The predicted molar refractivity (Wildman–Crippen MR) is 65.7 cm³/mol. The standard InChI is InChI=1S/C12H13N3OS/c1-2-4-11-9(3-1)10(5-6-17-11)13-7-12-14-8-16-15-12/h1-4,8,10,13H,5-7H2. The third-order valence-corrected chi connectivity index (χ3v) is 3.99. The van der Waals surface area contributed by atoms with Crippen molar-refractivity contribution in [1.82, 2.24) is 15.5 Å². The number of hydrogen-bond acceptors (Lipinski definition) is 5. The number of hydrogen-bond donors (Lipinski definition) is 1. The highest BCUT2D eigenvalue weighted by molar-refractivity contribution is 7.99. The Bertz CT molecular complexity index is 486. The van der Waals surface area contributed by atoms with Crippen LogP contribution < -0.4 is 5.32 Å². The minimum absolute atomic E-state index is 0.394. The number of aromatic nitrogens is 2. The van der Waals surface area contributed by atoms with Crippen LogP contribution in [-0.2, 0) is 6.54 Å². The Kier molecular flexibility index (Phi) is 3.11. The number of rotatable bonds is 3. The predicted octanol–water partition coefficient (Wildman–Crippen LogP) is 2.40. The van der Waals surface area contributed by atoms with Crippen LogP contribution in [0, 0.1) is 0 Å². The summed E-state index contributed by atoms with van der Waals surface area (Å²) in [6, 6.07) is 8.95. The topological polar surface area (TPSA) is 51.0 Å². The van der Waals surface area contributed by atoms with E-state index in [0.717, 1.165) is 12.2 Å². The molecule has 1 unspecified atom stereocenters. The van der Waals surface area contributed by atoms with Gasteiger partial charge in [0.05, 0.1) is 6.54 Å². The second-order valence-corrected chi connectivity index (χ2v) is 5.09. The molecule has 3 rings (SSSR count). The normalized spacial score (nSPS) is 18.9. The smallest absolute Gasteiger partial charge is 0.213 e. The molecule has 0 bridgehead atoms. The van der Waals surface area contributed by atoms with Crippen molar-refractivity contribution in [2.24, 2.45) is 0 Å². The SMILES string of the molecule is c1ccc2c(c1)SCCC2NCc1ncon1. The molecule has 0 fully saturated rings. The summed E-state index contributed by atoms with van der Waals surface area (Å²) in [6.45, 7) is 0.653. The third kappa shape index (κ3) is 2.35. The van der Waals surface area contributed by atoms with Crippen molar-refractivity contribution < 1.29 is 4.52 Å². The van der Waals surface area contributed by atoms with Crippen molar-refractivity contribution in [3.05, 3.63) is 42.0 Å². The molecule has 1 N–H and O–H groups in total. The highest BCUT2D eigenvalue weighted by atomic mass is 32.2. The maximum absolute atomic E-state index is 4.72. The molecule has 5 heteroatoms. The summed E-state index contributed by atoms with van der Waals surface area (Å²) in [5.41, 5.74) is 1.38. The van der Waals surface area contributed by atoms with E-state index in [-0.39, 0.29) is 0 Å². The molecule has 1 atom stereocenters. The van der Waals surface area contributed by atoms with Gasteiger partial charge >= 0.3 is 0 Å². The maximum atomic E-state index is 4.72. The summed E-state index contributed by atoms with van der Waals surface area (Å²) in [5, 5.41) is 7.28. The van der Waals surface area contributed by atoms with Crippen LogP contribution in [0.25, 0.3) is 0 Å². The van der Waals surface area contributed by atoms with E-state index in [4.69, 9.17) is 4.52 Å². The molecule has 88 valence electrons. The van der Waals surface area contributed by atoms with E-state index in [1.54, 1.807) is 0 Å². The number of thioether (sulfide) groups is 1. The highest BCUT2D eigenvalue weighted by Crippen LogP contribution is 2.35. The van der Waals surface area contributed by atoms with E-state index in [1.165, 1.54) is 16.9 Å². The van der Waals surface area contributed by atoms with Crippen LogP contribution in [0.3, 0.4) is 0 Å². The highest BCUT2D eigenvalue weighted by Gasteiger charge is 2.19. The number of nitrogens with zero attached hydrogens (tertiary/aromatic N) is 2. The molecule has 2 aromatic rings. The van der Waals surface area contributed by atoms with Gasteiger partial charge in [0.1, 0.15) is 0 Å². The van der Waals surface area contributed by atoms with Gasteiger partial charge in [-0.1, -0.05) is 23.4 Å². The summed E-state index contributed by atoms with van der Waals surface area (Å²) in [4.78, 5) is 5.39. The van der Waals surface area contributed by atoms with E-state index < -0.39 is 0 Å². The lowest BCUT2D eigenvalue weighted by molar-refractivity contribution is 0.402. The quantitative estimate of drug-likeness (QED) is 0.902. The molecule has 0 saturated carbocycles. The van der Waals surface area contributed by atoms with Crippen molar-refractivity contribution in [1.29, 1.82) is 0 Å². The lowest BCUT2D eigenvalue weighted by atomic mass is 10.0. The first-order valence-electron chi connectivity index (χ1n) is 5.64. The fourth-order valence-corrected chi connectivity index (χ4v) is 3.16. The number of nitrogens with one attached hydrogen (secondary N) is 1. The Hall–Kier alpha value is -1.33. The van der Waals surface area contributed by atoms with Gasteiger partial charge in [0, 0.05) is 10.9 Å². The first-order valence-corrected chi connectivity index (χ1v) is 6.62. The van der Waals surface area contributed by atoms with Crippen LogP contribution in [0.15, 0.2) is 40.1 Å². The number of benzene rings is 1. The van der Waals surface area contributed by atoms with Crippen molar-refractivity contribution in [3.8, 4) is 0 Å². The minimum Gasteiger partial charge on any atom is -0.343 e. The first-order chi connectivity index (χ1) is 8.43. The first kappa shape index (κ1) is 10.8. The van der Waals surface area contributed by atoms with E-state index in [1.807, 2.05) is 11.8 Å². The van der Waals surface area contributed by atoms with E-state index in [9.17, 15) is 0 Å². The molecule has 17 heavy (non-hydrogen) atoms. The summed E-state index contributed by atoms with van der Waals surface area (Å²) in [6.07, 6.45) is 2.50. The summed E-state index contributed by atoms with van der Waals surface area (Å²) >= 11 is 1.93. The van der Waals surface area contributed by atoms with Crippen LogP contribution in [0.2, 0.25) is 0 Å². The average molecular weight is 247 g/mol. The fourth-order valence-electron chi connectivity index (χ4n) is 2.04. The van der Waals surface area contributed by atoms with Crippen molar-refractivity contribution in [2.75, 3.05) is 5.75 Å². The molecule has 1 aromatic heterocycles. The van der Waals surface area contributed by atoms with Crippen LogP contribution >= 0.6 is 11.8 Å². The van der Waals surface area contributed by atoms with Crippen molar-refractivity contribution in [2.45, 2.75) is 23.9 Å². The molecular formula is C12H13N3OS. The molecule has 0 saturated heterocycles. The zero-order valence-corrected chi connectivity index (χ0v) is 10.1. The van der Waals surface area contributed by atoms with E-state index in [2.05, 4.69) is 39.7 Å². The van der Waals surface area contributed by atoms with Gasteiger partial charge in [-0.05, 0) is 23.8 Å². The summed E-state index contributed by atoms with van der Waals surface area (Å²) in [7, 11) is 0. The summed E-state index contributed by atoms with van der Waals surface area (Å²) < 4.78 is 4.72. The average Bonchev–Trinajstić information content (AvgIpc) is 2.89. The lowest BCUT2D eigenvalue weighted by Crippen LogP contribution is -2.24. The molecule has 0 aliphatic carbocycles. The zero-order chi connectivity index (χ0) is 11.5. The van der Waals surface area contributed by atoms with Gasteiger partial charge in [0.15, 0.2) is 5.82 Å². The van der Waals surface area contributed by atoms with Gasteiger partial charge in [-0.3, -0.25) is 0 Å². The van der Waals surface area contributed by atoms with Crippen LogP contribution in [-0.4, -0.2) is 15.9 Å². The van der Waals surface area contributed by atoms with Gasteiger partial charge in [0.25, 0.3) is 0 Å². The minimum atomic E-state index is 0.394. The molecule has 0 amide bonds. The second-order valence-electron chi connectivity index (χ2n) is 3.96. The Morgan fingerprint density at radius 1 is 1.41 bits per heavy atom. The third-order valence-electron chi connectivity index (χ3n) is 2.87. The zero-order valence-electron chi connectivity index (χ0n) is 9.30. The molecule has 1 aromatic carbocycles. The fraction of sp³-hybridized carbons (Fsp3) is 0.333. The number of fused-ring (bicyclic) bond motifs is 1. The van der Waals surface area contributed by atoms with Crippen LogP contribution in [0.1, 0.15) is 23.9 Å². The van der Waals surface area contributed by atoms with Crippen LogP contribution in [0.4, 0.5) is 0 Å². The Labute approximate surface area is 104 Å². The van der Waals surface area contributed by atoms with Gasteiger partial charge in [-0.25, -0.2) is 0 Å². The van der Waals surface area contributed by atoms with Gasteiger partial charge in [0.2, 0.25) is 6.39 Å². The van der Waals surface area contributed by atoms with E-state index in [0.29, 0.717) is 18.4 Å². The molecular weight excluding hydrogens is 234 g/mol. The van der Waals surface area contributed by atoms with Crippen LogP contribution in [0.5, 0.6) is 0 Å². The molecule has 1 aliphatic heterocycles. The summed E-state index contributed by atoms with van der Waals surface area (Å²) in [5.74, 6) is 1.86. The Morgan fingerprint density at radius 3 is 3.24 bits per heavy atom. The largest absolute Gasteiger partial charge is 0.343 e. The van der Waals surface area contributed by atoms with E-state index >= 15 is 0 Å².